The molecule has 36 heavy (non-hydrogen) atoms. The summed E-state index contributed by atoms with van der Waals surface area (Å²) in [6.45, 7) is 0. The van der Waals surface area contributed by atoms with E-state index in [0.29, 0.717) is 6.07 Å². The van der Waals surface area contributed by atoms with Crippen LogP contribution in [0.3, 0.4) is 0 Å². The minimum Gasteiger partial charge on any atom is -0.453 e. The second kappa shape index (κ2) is 9.75. The van der Waals surface area contributed by atoms with Crippen LogP contribution in [0.5, 0.6) is 0 Å². The Morgan fingerprint density at radius 1 is 0.917 bits per heavy atom. The Morgan fingerprint density at radius 3 is 2.33 bits per heavy atom. The number of carbonyl (C=O) groups excluding carboxylic acids is 4. The maximum Gasteiger partial charge on any atom is 0.416 e. The molecule has 0 unspecified atom stereocenters. The summed E-state index contributed by atoms with van der Waals surface area (Å²) in [5.74, 6) is -6.23. The predicted molar refractivity (Wildman–Crippen MR) is 124 cm³/mol. The number of hydrogen-bond acceptors (Lipinski definition) is 5. The molecule has 0 aliphatic carbocycles. The van der Waals surface area contributed by atoms with Gasteiger partial charge < -0.3 is 10.1 Å². The molecule has 1 aliphatic heterocycles. The van der Waals surface area contributed by atoms with Crippen molar-refractivity contribution in [3.63, 3.8) is 0 Å². The summed E-state index contributed by atoms with van der Waals surface area (Å²) in [7, 11) is 0. The van der Waals surface area contributed by atoms with Gasteiger partial charge in [0.05, 0.1) is 21.2 Å². The van der Waals surface area contributed by atoms with Gasteiger partial charge in [0.15, 0.2) is 5.78 Å². The molecule has 1 amide bonds. The minimum absolute atomic E-state index is 0.00551. The van der Waals surface area contributed by atoms with Crippen LogP contribution in [0.1, 0.15) is 37.9 Å². The number of nitrogens with one attached hydrogen (secondary N) is 1. The number of rotatable bonds is 6. The number of Topliss-reactive ketones (excluding diaryl/α,β-unsaturated/α-hetero) is 2. The number of ketones is 2. The Bertz CT molecular complexity index is 1410. The van der Waals surface area contributed by atoms with Crippen LogP contribution >= 0.6 is 23.2 Å². The molecule has 1 aliphatic rings. The zero-order valence-corrected chi connectivity index (χ0v) is 19.4. The fourth-order valence-corrected chi connectivity index (χ4v) is 4.05. The van der Waals surface area contributed by atoms with E-state index in [1.807, 2.05) is 0 Å². The van der Waals surface area contributed by atoms with Gasteiger partial charge in [0, 0.05) is 16.8 Å². The molecule has 0 radical (unpaired) electrons. The monoisotopic (exact) mass is 535 g/mol. The molecule has 0 saturated heterocycles. The third-order valence-corrected chi connectivity index (χ3v) is 6.20. The molecular weight excluding hydrogens is 522 g/mol. The molecule has 0 aromatic heterocycles. The SMILES string of the molecule is O=C(Nc1cccc(C(F)(F)F)c1)C(=O)[C@H](C(=O)c1ccc(Cl)c(Cl)c1)[C@H]1OC(=O)c2ccccc21. The van der Waals surface area contributed by atoms with Gasteiger partial charge in [0.25, 0.3) is 5.91 Å². The predicted octanol–water partition coefficient (Wildman–Crippen LogP) is 5.93. The van der Waals surface area contributed by atoms with Crippen molar-refractivity contribution in [2.45, 2.75) is 12.3 Å². The molecule has 6 nitrogen and oxygen atoms in total. The van der Waals surface area contributed by atoms with E-state index in [4.69, 9.17) is 27.9 Å². The van der Waals surface area contributed by atoms with E-state index >= 15 is 0 Å². The number of esters is 1. The van der Waals surface area contributed by atoms with E-state index in [1.54, 1.807) is 12.1 Å². The van der Waals surface area contributed by atoms with Gasteiger partial charge in [-0.05, 0) is 42.5 Å². The summed E-state index contributed by atoms with van der Waals surface area (Å²) in [6.07, 6.45) is -6.13. The third-order valence-electron chi connectivity index (χ3n) is 5.46. The van der Waals surface area contributed by atoms with Gasteiger partial charge in [-0.3, -0.25) is 14.4 Å². The van der Waals surface area contributed by atoms with Crippen molar-refractivity contribution in [2.75, 3.05) is 5.32 Å². The Kier molecular flexibility index (Phi) is 6.88. The van der Waals surface area contributed by atoms with Gasteiger partial charge in [0.1, 0.15) is 12.0 Å². The Hall–Kier alpha value is -3.69. The number of hydrogen-bond donors (Lipinski definition) is 1. The van der Waals surface area contributed by atoms with Crippen LogP contribution in [0.15, 0.2) is 66.7 Å². The number of fused-ring (bicyclic) bond motifs is 1. The number of alkyl halides is 3. The van der Waals surface area contributed by atoms with Gasteiger partial charge in [-0.1, -0.05) is 47.5 Å². The highest BCUT2D eigenvalue weighted by molar-refractivity contribution is 6.46. The molecule has 0 bridgehead atoms. The lowest BCUT2D eigenvalue weighted by molar-refractivity contribution is -0.138. The van der Waals surface area contributed by atoms with Gasteiger partial charge in [-0.2, -0.15) is 13.2 Å². The number of cyclic esters (lactones) is 1. The van der Waals surface area contributed by atoms with E-state index in [9.17, 15) is 32.3 Å². The summed E-state index contributed by atoms with van der Waals surface area (Å²) in [5, 5.41) is 2.23. The average molecular weight is 536 g/mol. The lowest BCUT2D eigenvalue weighted by atomic mass is 9.84. The van der Waals surface area contributed by atoms with Crippen LogP contribution in [0.2, 0.25) is 10.0 Å². The summed E-state index contributed by atoms with van der Waals surface area (Å²) < 4.78 is 44.4. The highest BCUT2D eigenvalue weighted by Gasteiger charge is 2.46. The molecule has 0 spiro atoms. The second-order valence-electron chi connectivity index (χ2n) is 7.78. The van der Waals surface area contributed by atoms with Gasteiger partial charge >= 0.3 is 12.1 Å². The molecule has 0 saturated carbocycles. The highest BCUT2D eigenvalue weighted by atomic mass is 35.5. The number of benzene rings is 3. The minimum atomic E-state index is -4.68. The first-order valence-corrected chi connectivity index (χ1v) is 11.0. The van der Waals surface area contributed by atoms with Crippen LogP contribution in [-0.4, -0.2) is 23.4 Å². The smallest absolute Gasteiger partial charge is 0.416 e. The second-order valence-corrected chi connectivity index (χ2v) is 8.60. The Balaban J connectivity index is 1.71. The first-order valence-electron chi connectivity index (χ1n) is 10.3. The number of carbonyl (C=O) groups is 4. The molecule has 3 aromatic carbocycles. The first-order chi connectivity index (χ1) is 17.0. The number of anilines is 1. The fourth-order valence-electron chi connectivity index (χ4n) is 3.75. The van der Waals surface area contributed by atoms with E-state index in [2.05, 4.69) is 5.32 Å². The van der Waals surface area contributed by atoms with Crippen LogP contribution in [0, 0.1) is 5.92 Å². The molecule has 2 atom stereocenters. The van der Waals surface area contributed by atoms with Crippen molar-refractivity contribution in [3.05, 3.63) is 99.0 Å². The third kappa shape index (κ3) is 4.98. The molecular formula is C25H14Cl2F3NO5. The molecule has 184 valence electrons. The van der Waals surface area contributed by atoms with E-state index in [-0.39, 0.29) is 32.4 Å². The zero-order valence-electron chi connectivity index (χ0n) is 17.9. The summed E-state index contributed by atoms with van der Waals surface area (Å²) in [5.41, 5.74) is -1.13. The largest absolute Gasteiger partial charge is 0.453 e. The number of amides is 1. The van der Waals surface area contributed by atoms with Crippen LogP contribution in [-0.2, 0) is 20.5 Å². The van der Waals surface area contributed by atoms with Crippen molar-refractivity contribution in [1.82, 2.24) is 0 Å². The maximum atomic E-state index is 13.5. The lowest BCUT2D eigenvalue weighted by Gasteiger charge is -2.21. The van der Waals surface area contributed by atoms with E-state index in [0.717, 1.165) is 18.2 Å². The van der Waals surface area contributed by atoms with Crippen LogP contribution in [0.25, 0.3) is 0 Å². The fraction of sp³-hybridized carbons (Fsp3) is 0.120. The quantitative estimate of drug-likeness (QED) is 0.183. The van der Waals surface area contributed by atoms with Crippen LogP contribution < -0.4 is 5.32 Å². The van der Waals surface area contributed by atoms with E-state index in [1.165, 1.54) is 30.3 Å². The van der Waals surface area contributed by atoms with E-state index < -0.39 is 47.2 Å². The first kappa shape index (κ1) is 25.4. The normalized spacial score (nSPS) is 15.6. The molecule has 3 aromatic rings. The number of halogens is 5. The van der Waals surface area contributed by atoms with Crippen molar-refractivity contribution >= 4 is 52.3 Å². The summed E-state index contributed by atoms with van der Waals surface area (Å²) in [4.78, 5) is 52.0. The number of ether oxygens (including phenoxy) is 1. The summed E-state index contributed by atoms with van der Waals surface area (Å²) in [6, 6.07) is 13.5. The molecule has 11 heteroatoms. The average Bonchev–Trinajstić information content (AvgIpc) is 3.16. The summed E-state index contributed by atoms with van der Waals surface area (Å²) >= 11 is 11.9. The van der Waals surface area contributed by atoms with Crippen molar-refractivity contribution in [1.29, 1.82) is 0 Å². The zero-order chi connectivity index (χ0) is 26.2. The molecule has 1 N–H and O–H groups in total. The van der Waals surface area contributed by atoms with Gasteiger partial charge in [0.2, 0.25) is 5.78 Å². The molecule has 0 fully saturated rings. The van der Waals surface area contributed by atoms with Gasteiger partial charge in [-0.15, -0.1) is 0 Å². The maximum absolute atomic E-state index is 13.5. The molecule has 4 rings (SSSR count). The standard InChI is InChI=1S/C25H14Cl2F3NO5/c26-17-9-8-12(10-18(17)27)20(32)19(22-15-6-1-2-7-16(15)24(35)36-22)21(33)23(34)31-14-5-3-4-13(11-14)25(28,29)30/h1-11,19,22H,(H,31,34)/t19-,22-/m0/s1. The van der Waals surface area contributed by atoms with Crippen molar-refractivity contribution < 1.29 is 37.1 Å². The lowest BCUT2D eigenvalue weighted by Crippen LogP contribution is -2.38. The topological polar surface area (TPSA) is 89.5 Å². The Labute approximate surface area is 212 Å². The van der Waals surface area contributed by atoms with Crippen molar-refractivity contribution in [2.24, 2.45) is 5.92 Å². The van der Waals surface area contributed by atoms with Crippen LogP contribution in [0.4, 0.5) is 18.9 Å². The van der Waals surface area contributed by atoms with Gasteiger partial charge in [-0.25, -0.2) is 4.79 Å². The van der Waals surface area contributed by atoms with Crippen molar-refractivity contribution in [3.8, 4) is 0 Å². The highest BCUT2D eigenvalue weighted by Crippen LogP contribution is 2.39. The Morgan fingerprint density at radius 2 is 1.64 bits per heavy atom. The molecule has 1 heterocycles.